The number of hydrogen-bond donors (Lipinski definition) is 0. The molecule has 1 aliphatic rings. The Labute approximate surface area is 106 Å². The van der Waals surface area contributed by atoms with E-state index >= 15 is 0 Å². The fourth-order valence-electron chi connectivity index (χ4n) is 2.43. The largest absolute Gasteiger partial charge is 0.297 e. The van der Waals surface area contributed by atoms with Gasteiger partial charge in [0.2, 0.25) is 0 Å². The van der Waals surface area contributed by atoms with Gasteiger partial charge in [0.25, 0.3) is 0 Å². The third-order valence-corrected chi connectivity index (χ3v) is 3.71. The number of halogens is 1. The first-order valence-corrected chi connectivity index (χ1v) is 6.90. The molecule has 1 aliphatic heterocycles. The van der Waals surface area contributed by atoms with Gasteiger partial charge in [-0.25, -0.2) is 0 Å². The molecule has 2 rings (SSSR count). The van der Waals surface area contributed by atoms with E-state index < -0.39 is 0 Å². The molecule has 1 aromatic rings. The maximum atomic E-state index is 4.42. The lowest BCUT2D eigenvalue weighted by atomic mass is 10.0. The minimum Gasteiger partial charge on any atom is -0.297 e. The van der Waals surface area contributed by atoms with Crippen LogP contribution in [0.5, 0.6) is 0 Å². The Hall–Kier alpha value is -0.410. The van der Waals surface area contributed by atoms with Crippen LogP contribution < -0.4 is 0 Å². The van der Waals surface area contributed by atoms with Crippen molar-refractivity contribution in [3.8, 4) is 0 Å². The monoisotopic (exact) mass is 282 g/mol. The van der Waals surface area contributed by atoms with Crippen LogP contribution in [-0.2, 0) is 6.54 Å². The summed E-state index contributed by atoms with van der Waals surface area (Å²) < 4.78 is 1.06. The predicted molar refractivity (Wildman–Crippen MR) is 70.2 cm³/mol. The van der Waals surface area contributed by atoms with E-state index in [1.165, 1.54) is 38.0 Å². The molecule has 3 heteroatoms. The third-order valence-electron chi connectivity index (χ3n) is 3.24. The van der Waals surface area contributed by atoms with E-state index in [1.54, 1.807) is 0 Å². The van der Waals surface area contributed by atoms with Gasteiger partial charge in [0.15, 0.2) is 0 Å². The maximum Gasteiger partial charge on any atom is 0.0544 e. The molecule has 1 atom stereocenters. The van der Waals surface area contributed by atoms with Gasteiger partial charge < -0.3 is 0 Å². The lowest BCUT2D eigenvalue weighted by Crippen LogP contribution is -2.20. The van der Waals surface area contributed by atoms with E-state index in [1.807, 2.05) is 6.20 Å². The minimum absolute atomic E-state index is 0.917. The Morgan fingerprint density at radius 1 is 1.50 bits per heavy atom. The predicted octanol–water partition coefficient (Wildman–Crippen LogP) is 3.47. The van der Waals surface area contributed by atoms with Crippen LogP contribution in [0.25, 0.3) is 0 Å². The fraction of sp³-hybridized carbons (Fsp3) is 0.615. The van der Waals surface area contributed by atoms with Crippen LogP contribution in [-0.4, -0.2) is 23.0 Å². The van der Waals surface area contributed by atoms with Crippen LogP contribution in [0.15, 0.2) is 22.8 Å². The standard InChI is InChI=1S/C13H19BrN2/c1-2-3-11-6-7-16(9-11)10-13-5-4-12(14)8-15-13/h4-5,8,11H,2-3,6-7,9-10H2,1H3. The second-order valence-corrected chi connectivity index (χ2v) is 5.56. The molecule has 0 bridgehead atoms. The van der Waals surface area contributed by atoms with Gasteiger partial charge in [0.1, 0.15) is 0 Å². The molecule has 2 nitrogen and oxygen atoms in total. The van der Waals surface area contributed by atoms with E-state index in [4.69, 9.17) is 0 Å². The molecule has 0 saturated carbocycles. The molecule has 0 aromatic carbocycles. The zero-order valence-electron chi connectivity index (χ0n) is 9.82. The SMILES string of the molecule is CCCC1CCN(Cc2ccc(Br)cn2)C1. The Morgan fingerprint density at radius 3 is 3.06 bits per heavy atom. The second-order valence-electron chi connectivity index (χ2n) is 4.65. The summed E-state index contributed by atoms with van der Waals surface area (Å²) in [6.45, 7) is 5.78. The van der Waals surface area contributed by atoms with Crippen LogP contribution >= 0.6 is 15.9 Å². The first-order chi connectivity index (χ1) is 7.78. The van der Waals surface area contributed by atoms with Gasteiger partial charge in [-0.1, -0.05) is 13.3 Å². The molecule has 2 heterocycles. The Balaban J connectivity index is 1.84. The molecule has 1 fully saturated rings. The van der Waals surface area contributed by atoms with Gasteiger partial charge in [0.05, 0.1) is 5.69 Å². The van der Waals surface area contributed by atoms with Crippen molar-refractivity contribution in [3.05, 3.63) is 28.5 Å². The molecule has 0 radical (unpaired) electrons. The van der Waals surface area contributed by atoms with Crippen molar-refractivity contribution in [2.45, 2.75) is 32.7 Å². The molecule has 0 aliphatic carbocycles. The molecule has 0 spiro atoms. The fourth-order valence-corrected chi connectivity index (χ4v) is 2.66. The number of hydrogen-bond acceptors (Lipinski definition) is 2. The van der Waals surface area contributed by atoms with Gasteiger partial charge in [-0.15, -0.1) is 0 Å². The van der Waals surface area contributed by atoms with Crippen molar-refractivity contribution >= 4 is 15.9 Å². The second kappa shape index (κ2) is 5.78. The third kappa shape index (κ3) is 3.29. The molecule has 16 heavy (non-hydrogen) atoms. The summed E-state index contributed by atoms with van der Waals surface area (Å²) in [7, 11) is 0. The lowest BCUT2D eigenvalue weighted by molar-refractivity contribution is 0.309. The number of pyridine rings is 1. The van der Waals surface area contributed by atoms with Crippen molar-refractivity contribution in [3.63, 3.8) is 0 Å². The van der Waals surface area contributed by atoms with Crippen LogP contribution in [0, 0.1) is 5.92 Å². The summed E-state index contributed by atoms with van der Waals surface area (Å²) in [5.74, 6) is 0.917. The number of rotatable bonds is 4. The first-order valence-electron chi connectivity index (χ1n) is 6.10. The average Bonchev–Trinajstić information content (AvgIpc) is 2.70. The lowest BCUT2D eigenvalue weighted by Gasteiger charge is -2.15. The van der Waals surface area contributed by atoms with Gasteiger partial charge >= 0.3 is 0 Å². The molecule has 1 unspecified atom stereocenters. The Morgan fingerprint density at radius 2 is 2.38 bits per heavy atom. The van der Waals surface area contributed by atoms with Gasteiger partial charge in [0, 0.05) is 23.8 Å². The number of aromatic nitrogens is 1. The highest BCUT2D eigenvalue weighted by Crippen LogP contribution is 2.22. The van der Waals surface area contributed by atoms with Crippen LogP contribution in [0.2, 0.25) is 0 Å². The highest BCUT2D eigenvalue weighted by molar-refractivity contribution is 9.10. The Kier molecular flexibility index (Phi) is 4.36. The van der Waals surface area contributed by atoms with Crippen LogP contribution in [0.1, 0.15) is 31.9 Å². The average molecular weight is 283 g/mol. The van der Waals surface area contributed by atoms with Crippen molar-refractivity contribution in [1.29, 1.82) is 0 Å². The minimum atomic E-state index is 0.917. The van der Waals surface area contributed by atoms with E-state index in [-0.39, 0.29) is 0 Å². The van der Waals surface area contributed by atoms with E-state index in [0.717, 1.165) is 16.9 Å². The molecule has 0 N–H and O–H groups in total. The molecule has 88 valence electrons. The van der Waals surface area contributed by atoms with Crippen LogP contribution in [0.3, 0.4) is 0 Å². The molecule has 1 saturated heterocycles. The number of nitrogens with zero attached hydrogens (tertiary/aromatic N) is 2. The van der Waals surface area contributed by atoms with Gasteiger partial charge in [-0.2, -0.15) is 0 Å². The number of likely N-dealkylation sites (tertiary alicyclic amines) is 1. The normalized spacial score (nSPS) is 21.5. The van der Waals surface area contributed by atoms with E-state index in [0.29, 0.717) is 0 Å². The van der Waals surface area contributed by atoms with Gasteiger partial charge in [-0.05, 0) is 53.4 Å². The molecular formula is C13H19BrN2. The van der Waals surface area contributed by atoms with Gasteiger partial charge in [-0.3, -0.25) is 9.88 Å². The molecule has 1 aromatic heterocycles. The summed E-state index contributed by atoms with van der Waals surface area (Å²) in [5, 5.41) is 0. The topological polar surface area (TPSA) is 16.1 Å². The quantitative estimate of drug-likeness (QED) is 0.841. The van der Waals surface area contributed by atoms with Crippen LogP contribution in [0.4, 0.5) is 0 Å². The first kappa shape index (κ1) is 12.1. The smallest absolute Gasteiger partial charge is 0.0544 e. The van der Waals surface area contributed by atoms with E-state index in [9.17, 15) is 0 Å². The Bertz CT molecular complexity index is 323. The zero-order chi connectivity index (χ0) is 11.4. The summed E-state index contributed by atoms with van der Waals surface area (Å²) in [5.41, 5.74) is 1.18. The highest BCUT2D eigenvalue weighted by Gasteiger charge is 2.21. The van der Waals surface area contributed by atoms with E-state index in [2.05, 4.69) is 44.9 Å². The maximum absolute atomic E-state index is 4.42. The summed E-state index contributed by atoms with van der Waals surface area (Å²) in [6.07, 6.45) is 5.94. The zero-order valence-corrected chi connectivity index (χ0v) is 11.4. The van der Waals surface area contributed by atoms with Crippen molar-refractivity contribution < 1.29 is 0 Å². The highest BCUT2D eigenvalue weighted by atomic mass is 79.9. The summed E-state index contributed by atoms with van der Waals surface area (Å²) >= 11 is 3.41. The van der Waals surface area contributed by atoms with Crippen molar-refractivity contribution in [2.24, 2.45) is 5.92 Å². The summed E-state index contributed by atoms with van der Waals surface area (Å²) in [6, 6.07) is 4.18. The molecular weight excluding hydrogens is 264 g/mol. The van der Waals surface area contributed by atoms with Crippen molar-refractivity contribution in [1.82, 2.24) is 9.88 Å². The van der Waals surface area contributed by atoms with Crippen molar-refractivity contribution in [2.75, 3.05) is 13.1 Å². The summed E-state index contributed by atoms with van der Waals surface area (Å²) in [4.78, 5) is 6.95. The molecule has 0 amide bonds.